The fourth-order valence-corrected chi connectivity index (χ4v) is 5.38. The van der Waals surface area contributed by atoms with Gasteiger partial charge in [0.1, 0.15) is 0 Å². The third kappa shape index (κ3) is 1.84. The van der Waals surface area contributed by atoms with E-state index in [-0.39, 0.29) is 5.91 Å². The smallest absolute Gasteiger partial charge is 0.244 e. The summed E-state index contributed by atoms with van der Waals surface area (Å²) in [5.74, 6) is 0.900. The van der Waals surface area contributed by atoms with Gasteiger partial charge >= 0.3 is 0 Å². The lowest BCUT2D eigenvalue weighted by atomic mass is 9.96. The van der Waals surface area contributed by atoms with Gasteiger partial charge in [-0.3, -0.25) is 4.79 Å². The zero-order chi connectivity index (χ0) is 14.8. The van der Waals surface area contributed by atoms with Crippen molar-refractivity contribution >= 4 is 15.7 Å². The Kier molecular flexibility index (Phi) is 3.00. The zero-order valence-electron chi connectivity index (χ0n) is 12.4. The predicted octanol–water partition coefficient (Wildman–Crippen LogP) is 0.695. The van der Waals surface area contributed by atoms with E-state index in [0.29, 0.717) is 56.4 Å². The van der Waals surface area contributed by atoms with E-state index in [1.54, 1.807) is 4.90 Å². The normalized spacial score (nSPS) is 34.6. The molecule has 2 atom stereocenters. The molecule has 5 nitrogen and oxygen atoms in total. The Morgan fingerprint density at radius 3 is 2.10 bits per heavy atom. The summed E-state index contributed by atoms with van der Waals surface area (Å²) < 4.78 is 28.5. The van der Waals surface area contributed by atoms with Crippen molar-refractivity contribution in [3.63, 3.8) is 0 Å². The van der Waals surface area contributed by atoms with Gasteiger partial charge in [0.15, 0.2) is 14.6 Å². The number of fused-ring (bicyclic) bond motifs is 1. The average molecular weight is 301 g/mol. The third-order valence-electron chi connectivity index (χ3n) is 5.81. The van der Waals surface area contributed by atoms with Crippen LogP contribution in [0.5, 0.6) is 0 Å². The first kappa shape index (κ1) is 14.3. The fourth-order valence-electron chi connectivity index (χ4n) is 4.03. The van der Waals surface area contributed by atoms with Gasteiger partial charge in [0.05, 0.1) is 0 Å². The molecule has 0 spiro atoms. The van der Waals surface area contributed by atoms with Crippen LogP contribution in [0.4, 0.5) is 0 Å². The molecular weight excluding hydrogens is 278 g/mol. The molecule has 0 aromatic carbocycles. The van der Waals surface area contributed by atoms with Crippen LogP contribution in [-0.4, -0.2) is 56.5 Å². The number of ether oxygens (including phenoxy) is 1. The van der Waals surface area contributed by atoms with Crippen molar-refractivity contribution in [3.8, 4) is 0 Å². The highest BCUT2D eigenvalue weighted by atomic mass is 32.2. The largest absolute Gasteiger partial charge is 0.381 e. The number of amides is 1. The van der Waals surface area contributed by atoms with Crippen LogP contribution in [0.15, 0.2) is 0 Å². The molecule has 114 valence electrons. The predicted molar refractivity (Wildman–Crippen MR) is 75.0 cm³/mol. The number of nitrogens with zero attached hydrogens (tertiary/aromatic N) is 1. The van der Waals surface area contributed by atoms with Gasteiger partial charge in [-0.15, -0.1) is 0 Å². The Hall–Kier alpha value is -0.620. The Morgan fingerprint density at radius 2 is 1.65 bits per heavy atom. The molecule has 3 fully saturated rings. The molecule has 0 bridgehead atoms. The molecule has 3 aliphatic rings. The summed E-state index contributed by atoms with van der Waals surface area (Å²) in [6.45, 7) is 6.59. The summed E-state index contributed by atoms with van der Waals surface area (Å²) in [6.07, 6.45) is 1.77. The molecule has 0 aromatic rings. The van der Waals surface area contributed by atoms with Gasteiger partial charge in [0.2, 0.25) is 5.91 Å². The molecule has 2 heterocycles. The second-order valence-electron chi connectivity index (χ2n) is 7.12. The minimum absolute atomic E-state index is 0.189. The summed E-state index contributed by atoms with van der Waals surface area (Å²) in [7, 11) is -3.43. The number of likely N-dealkylation sites (tertiary alicyclic amines) is 1. The minimum atomic E-state index is -3.43. The van der Waals surface area contributed by atoms with Crippen molar-refractivity contribution in [1.29, 1.82) is 0 Å². The van der Waals surface area contributed by atoms with Crippen LogP contribution < -0.4 is 0 Å². The van der Waals surface area contributed by atoms with Crippen LogP contribution in [0.2, 0.25) is 0 Å². The van der Waals surface area contributed by atoms with Gasteiger partial charge in [-0.1, -0.05) is 13.8 Å². The Labute approximate surface area is 120 Å². The van der Waals surface area contributed by atoms with E-state index < -0.39 is 14.6 Å². The summed E-state index contributed by atoms with van der Waals surface area (Å²) >= 11 is 0. The van der Waals surface area contributed by atoms with Gasteiger partial charge in [-0.2, -0.15) is 0 Å². The summed E-state index contributed by atoms with van der Waals surface area (Å²) in [5, 5.41) is 0. The van der Waals surface area contributed by atoms with Crippen LogP contribution in [0.3, 0.4) is 0 Å². The van der Waals surface area contributed by atoms with E-state index in [4.69, 9.17) is 4.74 Å². The van der Waals surface area contributed by atoms with Crippen LogP contribution in [0, 0.1) is 17.3 Å². The van der Waals surface area contributed by atoms with E-state index in [9.17, 15) is 13.2 Å². The van der Waals surface area contributed by atoms with Crippen molar-refractivity contribution in [2.45, 2.75) is 31.4 Å². The highest BCUT2D eigenvalue weighted by Gasteiger charge is 2.64. The standard InChI is InChI=1S/C14H23NO4S/c1-13(2)10-8-15(9-11(10)13)12(16)14(20(3,17)18)4-6-19-7-5-14/h10-11H,4-9H2,1-3H3. The minimum Gasteiger partial charge on any atom is -0.381 e. The molecule has 1 saturated carbocycles. The van der Waals surface area contributed by atoms with Gasteiger partial charge in [-0.05, 0) is 30.1 Å². The van der Waals surface area contributed by atoms with Crippen molar-refractivity contribution in [2.24, 2.45) is 17.3 Å². The average Bonchev–Trinajstić information content (AvgIpc) is 2.79. The van der Waals surface area contributed by atoms with Crippen LogP contribution >= 0.6 is 0 Å². The monoisotopic (exact) mass is 301 g/mol. The lowest BCUT2D eigenvalue weighted by molar-refractivity contribution is -0.136. The third-order valence-corrected chi connectivity index (χ3v) is 7.81. The molecule has 20 heavy (non-hydrogen) atoms. The number of sulfone groups is 1. The summed E-state index contributed by atoms with van der Waals surface area (Å²) in [6, 6.07) is 0. The number of rotatable bonds is 2. The first-order valence-corrected chi connectivity index (χ1v) is 9.16. The van der Waals surface area contributed by atoms with Crippen molar-refractivity contribution in [1.82, 2.24) is 4.90 Å². The molecule has 3 rings (SSSR count). The van der Waals surface area contributed by atoms with Gasteiger partial charge in [0, 0.05) is 32.6 Å². The lowest BCUT2D eigenvalue weighted by Crippen LogP contribution is -2.56. The SMILES string of the molecule is CC1(C)C2CN(C(=O)C3(S(C)(=O)=O)CCOCC3)CC21. The Bertz CT molecular complexity index is 519. The first-order valence-electron chi connectivity index (χ1n) is 7.27. The molecule has 2 aliphatic heterocycles. The maximum absolute atomic E-state index is 12.8. The number of hydrogen-bond donors (Lipinski definition) is 0. The Balaban J connectivity index is 1.81. The topological polar surface area (TPSA) is 63.7 Å². The Morgan fingerprint density at radius 1 is 1.15 bits per heavy atom. The zero-order valence-corrected chi connectivity index (χ0v) is 13.2. The van der Waals surface area contributed by atoms with E-state index in [2.05, 4.69) is 13.8 Å². The number of piperidine rings is 1. The van der Waals surface area contributed by atoms with Crippen LogP contribution in [0.1, 0.15) is 26.7 Å². The molecule has 1 aliphatic carbocycles. The second-order valence-corrected chi connectivity index (χ2v) is 9.45. The fraction of sp³-hybridized carbons (Fsp3) is 0.929. The van der Waals surface area contributed by atoms with E-state index in [0.717, 1.165) is 0 Å². The molecule has 6 heteroatoms. The van der Waals surface area contributed by atoms with Crippen molar-refractivity contribution in [2.75, 3.05) is 32.6 Å². The lowest BCUT2D eigenvalue weighted by Gasteiger charge is -2.37. The van der Waals surface area contributed by atoms with Crippen molar-refractivity contribution in [3.05, 3.63) is 0 Å². The number of hydrogen-bond acceptors (Lipinski definition) is 4. The van der Waals surface area contributed by atoms with E-state index in [1.165, 1.54) is 6.26 Å². The van der Waals surface area contributed by atoms with Crippen molar-refractivity contribution < 1.29 is 17.9 Å². The molecule has 0 radical (unpaired) electrons. The quantitative estimate of drug-likeness (QED) is 0.753. The molecule has 2 unspecified atom stereocenters. The molecule has 0 N–H and O–H groups in total. The van der Waals surface area contributed by atoms with E-state index >= 15 is 0 Å². The van der Waals surface area contributed by atoms with Gasteiger partial charge in [0.25, 0.3) is 0 Å². The second kappa shape index (κ2) is 4.19. The molecule has 0 aromatic heterocycles. The number of carbonyl (C=O) groups excluding carboxylic acids is 1. The molecule has 2 saturated heterocycles. The van der Waals surface area contributed by atoms with Gasteiger partial charge in [-0.25, -0.2) is 8.42 Å². The highest BCUT2D eigenvalue weighted by molar-refractivity contribution is 7.92. The van der Waals surface area contributed by atoms with Crippen LogP contribution in [-0.2, 0) is 19.4 Å². The molecular formula is C14H23NO4S. The summed E-state index contributed by atoms with van der Waals surface area (Å²) in [4.78, 5) is 14.6. The van der Waals surface area contributed by atoms with Crippen LogP contribution in [0.25, 0.3) is 0 Å². The van der Waals surface area contributed by atoms with Gasteiger partial charge < -0.3 is 9.64 Å². The maximum atomic E-state index is 12.8. The first-order chi connectivity index (χ1) is 9.20. The number of carbonyl (C=O) groups is 1. The van der Waals surface area contributed by atoms with E-state index in [1.807, 2.05) is 0 Å². The summed E-state index contributed by atoms with van der Waals surface area (Å²) in [5.41, 5.74) is 0.324. The highest BCUT2D eigenvalue weighted by Crippen LogP contribution is 2.62. The molecule has 1 amide bonds. The maximum Gasteiger partial charge on any atom is 0.244 e.